The summed E-state index contributed by atoms with van der Waals surface area (Å²) in [5.74, 6) is -0.534. The maximum absolute atomic E-state index is 11.5. The molecule has 0 aliphatic rings. The fourth-order valence-electron chi connectivity index (χ4n) is 1.46. The van der Waals surface area contributed by atoms with Crippen molar-refractivity contribution in [1.29, 1.82) is 0 Å². The largest absolute Gasteiger partial charge is 0.501 e. The molecule has 23 heavy (non-hydrogen) atoms. The van der Waals surface area contributed by atoms with Crippen molar-refractivity contribution in [3.8, 4) is 0 Å². The lowest BCUT2D eigenvalue weighted by molar-refractivity contribution is -0.384. The zero-order valence-electron chi connectivity index (χ0n) is 12.1. The van der Waals surface area contributed by atoms with E-state index in [9.17, 15) is 19.7 Å². The zero-order valence-corrected chi connectivity index (χ0v) is 13.0. The van der Waals surface area contributed by atoms with Gasteiger partial charge >= 0.3 is 6.09 Å². The SMILES string of the molecule is C[C@H](NC(=O)OCc1ccc([N+](=O)[O-])cc1)C(=O)NCC(O)=S. The van der Waals surface area contributed by atoms with Crippen LogP contribution in [0.5, 0.6) is 0 Å². The number of nitro groups is 1. The third-order valence-corrected chi connectivity index (χ3v) is 2.80. The van der Waals surface area contributed by atoms with Gasteiger partial charge in [-0.15, -0.1) is 0 Å². The van der Waals surface area contributed by atoms with Crippen molar-refractivity contribution in [2.24, 2.45) is 0 Å². The first-order chi connectivity index (χ1) is 10.8. The van der Waals surface area contributed by atoms with Crippen LogP contribution in [0.3, 0.4) is 0 Å². The van der Waals surface area contributed by atoms with Crippen LogP contribution in [0.4, 0.5) is 10.5 Å². The number of hydrogen-bond acceptors (Lipinski definition) is 6. The fraction of sp³-hybridized carbons (Fsp3) is 0.308. The average molecular weight is 341 g/mol. The number of non-ortho nitro benzene ring substituents is 1. The molecule has 0 bridgehead atoms. The van der Waals surface area contributed by atoms with Crippen LogP contribution >= 0.6 is 12.2 Å². The Balaban J connectivity index is 2.40. The fourth-order valence-corrected chi connectivity index (χ4v) is 1.53. The molecule has 0 aromatic heterocycles. The molecule has 3 N–H and O–H groups in total. The van der Waals surface area contributed by atoms with E-state index >= 15 is 0 Å². The number of aliphatic hydroxyl groups is 1. The summed E-state index contributed by atoms with van der Waals surface area (Å²) in [6.45, 7) is 1.15. The second-order valence-electron chi connectivity index (χ2n) is 4.48. The van der Waals surface area contributed by atoms with Gasteiger partial charge in [0.1, 0.15) is 12.6 Å². The van der Waals surface area contributed by atoms with Gasteiger partial charge in [-0.2, -0.15) is 0 Å². The van der Waals surface area contributed by atoms with E-state index in [4.69, 9.17) is 9.84 Å². The number of rotatable bonds is 7. The highest BCUT2D eigenvalue weighted by atomic mass is 32.1. The average Bonchev–Trinajstić information content (AvgIpc) is 2.50. The molecular formula is C13H15N3O6S. The van der Waals surface area contributed by atoms with Gasteiger partial charge in [0.15, 0.2) is 5.05 Å². The van der Waals surface area contributed by atoms with Crippen LogP contribution in [0.1, 0.15) is 12.5 Å². The van der Waals surface area contributed by atoms with Crippen LogP contribution in [0.15, 0.2) is 24.3 Å². The molecule has 10 heteroatoms. The predicted molar refractivity (Wildman–Crippen MR) is 84.1 cm³/mol. The Morgan fingerprint density at radius 1 is 1.39 bits per heavy atom. The van der Waals surface area contributed by atoms with Gasteiger partial charge in [0, 0.05) is 12.1 Å². The molecule has 0 fully saturated rings. The molecule has 1 rings (SSSR count). The molecule has 9 nitrogen and oxygen atoms in total. The van der Waals surface area contributed by atoms with Crippen LogP contribution in [-0.4, -0.2) is 39.7 Å². The Kier molecular flexibility index (Phi) is 6.87. The summed E-state index contributed by atoms with van der Waals surface area (Å²) in [6, 6.07) is 4.64. The van der Waals surface area contributed by atoms with Gasteiger partial charge in [-0.05, 0) is 36.8 Å². The van der Waals surface area contributed by atoms with Gasteiger partial charge in [-0.1, -0.05) is 0 Å². The molecule has 124 valence electrons. The number of hydrogen-bond donors (Lipinski definition) is 3. The summed E-state index contributed by atoms with van der Waals surface area (Å²) in [4.78, 5) is 33.1. The Hall–Kier alpha value is -2.75. The summed E-state index contributed by atoms with van der Waals surface area (Å²) in [5, 5.41) is 23.5. The van der Waals surface area contributed by atoms with Crippen molar-refractivity contribution in [3.05, 3.63) is 39.9 Å². The number of nitrogens with zero attached hydrogens (tertiary/aromatic N) is 1. The van der Waals surface area contributed by atoms with E-state index in [1.54, 1.807) is 0 Å². The first-order valence-electron chi connectivity index (χ1n) is 6.45. The molecule has 2 amide bonds. The molecular weight excluding hydrogens is 326 g/mol. The van der Waals surface area contributed by atoms with Gasteiger partial charge in [-0.25, -0.2) is 4.79 Å². The van der Waals surface area contributed by atoms with Gasteiger partial charge < -0.3 is 20.5 Å². The van der Waals surface area contributed by atoms with Crippen LogP contribution in [0, 0.1) is 10.1 Å². The third kappa shape index (κ3) is 6.70. The normalized spacial score (nSPS) is 11.2. The number of nitrogens with one attached hydrogen (secondary N) is 2. The number of aliphatic hydroxyl groups excluding tert-OH is 1. The standard InChI is InChI=1S/C13H15N3O6S/c1-8(12(18)14-6-11(17)23)15-13(19)22-7-9-2-4-10(5-3-9)16(20)21/h2-5,8H,6-7H2,1H3,(H,14,18)(H,15,19)(H,17,23)/t8-/m0/s1. The van der Waals surface area contributed by atoms with Crippen LogP contribution in [0.2, 0.25) is 0 Å². The third-order valence-electron chi connectivity index (χ3n) is 2.66. The zero-order chi connectivity index (χ0) is 17.4. The topological polar surface area (TPSA) is 131 Å². The highest BCUT2D eigenvalue weighted by molar-refractivity contribution is 7.80. The van der Waals surface area contributed by atoms with Gasteiger partial charge in [0.25, 0.3) is 5.69 Å². The molecule has 0 aliphatic heterocycles. The molecule has 1 aromatic carbocycles. The Bertz CT molecular complexity index is 604. The Morgan fingerprint density at radius 3 is 2.52 bits per heavy atom. The number of benzene rings is 1. The van der Waals surface area contributed by atoms with Crippen molar-refractivity contribution in [2.75, 3.05) is 6.54 Å². The number of amides is 2. The van der Waals surface area contributed by atoms with Crippen LogP contribution in [-0.2, 0) is 16.1 Å². The van der Waals surface area contributed by atoms with E-state index in [0.717, 1.165) is 0 Å². The highest BCUT2D eigenvalue weighted by Crippen LogP contribution is 2.12. The van der Waals surface area contributed by atoms with Gasteiger partial charge in [0.2, 0.25) is 5.91 Å². The van der Waals surface area contributed by atoms with Gasteiger partial charge in [-0.3, -0.25) is 14.9 Å². The molecule has 0 spiro atoms. The number of thiocarbonyl (C=S) groups is 1. The van der Waals surface area contributed by atoms with Crippen molar-refractivity contribution in [2.45, 2.75) is 19.6 Å². The van der Waals surface area contributed by atoms with Crippen molar-refractivity contribution < 1.29 is 24.4 Å². The minimum Gasteiger partial charge on any atom is -0.501 e. The number of alkyl carbamates (subject to hydrolysis) is 1. The van der Waals surface area contributed by atoms with E-state index in [-0.39, 0.29) is 23.9 Å². The summed E-state index contributed by atoms with van der Waals surface area (Å²) in [6.07, 6.45) is -0.822. The van der Waals surface area contributed by atoms with E-state index in [0.29, 0.717) is 5.56 Å². The molecule has 0 heterocycles. The van der Waals surface area contributed by atoms with Crippen LogP contribution in [0.25, 0.3) is 0 Å². The molecule has 1 atom stereocenters. The monoisotopic (exact) mass is 341 g/mol. The quantitative estimate of drug-likeness (QED) is 0.386. The predicted octanol–water partition coefficient (Wildman–Crippen LogP) is 1.21. The van der Waals surface area contributed by atoms with E-state index in [1.807, 2.05) is 0 Å². The molecule has 0 aliphatic carbocycles. The number of ether oxygens (including phenoxy) is 1. The number of carbonyl (C=O) groups is 2. The molecule has 0 saturated carbocycles. The minimum atomic E-state index is -0.881. The van der Waals surface area contributed by atoms with Crippen molar-refractivity contribution in [1.82, 2.24) is 10.6 Å². The first kappa shape index (κ1) is 18.3. The molecule has 0 unspecified atom stereocenters. The van der Waals surface area contributed by atoms with Crippen LogP contribution < -0.4 is 10.6 Å². The maximum Gasteiger partial charge on any atom is 0.408 e. The smallest absolute Gasteiger partial charge is 0.408 e. The van der Waals surface area contributed by atoms with E-state index < -0.39 is 23.0 Å². The van der Waals surface area contributed by atoms with Gasteiger partial charge in [0.05, 0.1) is 11.5 Å². The maximum atomic E-state index is 11.5. The lowest BCUT2D eigenvalue weighted by atomic mass is 10.2. The summed E-state index contributed by atoms with van der Waals surface area (Å²) < 4.78 is 4.90. The first-order valence-corrected chi connectivity index (χ1v) is 6.86. The summed E-state index contributed by atoms with van der Waals surface area (Å²) in [5.41, 5.74) is 0.499. The Morgan fingerprint density at radius 2 is 2.00 bits per heavy atom. The highest BCUT2D eigenvalue weighted by Gasteiger charge is 2.16. The summed E-state index contributed by atoms with van der Waals surface area (Å²) >= 11 is 4.40. The molecule has 0 saturated heterocycles. The van der Waals surface area contributed by atoms with Crippen molar-refractivity contribution >= 4 is 35.0 Å². The molecule has 0 radical (unpaired) electrons. The van der Waals surface area contributed by atoms with E-state index in [1.165, 1.54) is 31.2 Å². The number of nitro benzene ring substituents is 1. The second kappa shape index (κ2) is 8.63. The Labute approximate surface area is 136 Å². The summed E-state index contributed by atoms with van der Waals surface area (Å²) in [7, 11) is 0. The number of carbonyl (C=O) groups excluding carboxylic acids is 2. The van der Waals surface area contributed by atoms with E-state index in [2.05, 4.69) is 22.9 Å². The second-order valence-corrected chi connectivity index (χ2v) is 4.95. The van der Waals surface area contributed by atoms with Crippen molar-refractivity contribution in [3.63, 3.8) is 0 Å². The lowest BCUT2D eigenvalue weighted by Gasteiger charge is -2.13. The lowest BCUT2D eigenvalue weighted by Crippen LogP contribution is -2.46. The molecule has 1 aromatic rings. The minimum absolute atomic E-state index is 0.0645.